The van der Waals surface area contributed by atoms with Crippen molar-refractivity contribution in [3.05, 3.63) is 41.6 Å². The summed E-state index contributed by atoms with van der Waals surface area (Å²) in [4.78, 5) is 7.67. The Hall–Kier alpha value is -1.88. The topological polar surface area (TPSA) is 63.8 Å². The van der Waals surface area contributed by atoms with Gasteiger partial charge in [-0.15, -0.1) is 0 Å². The van der Waals surface area contributed by atoms with Crippen LogP contribution >= 0.6 is 11.6 Å². The highest BCUT2D eigenvalue weighted by Gasteiger charge is 2.02. The maximum Gasteiger partial charge on any atom is 0.224 e. The van der Waals surface area contributed by atoms with E-state index in [0.717, 1.165) is 0 Å². The van der Waals surface area contributed by atoms with Gasteiger partial charge >= 0.3 is 0 Å². The van der Waals surface area contributed by atoms with Crippen LogP contribution in [0.3, 0.4) is 0 Å². The number of benzene rings is 1. The zero-order chi connectivity index (χ0) is 11.5. The van der Waals surface area contributed by atoms with E-state index in [9.17, 15) is 4.39 Å². The minimum absolute atomic E-state index is 0.130. The highest BCUT2D eigenvalue weighted by molar-refractivity contribution is 6.28. The molecule has 0 fully saturated rings. The van der Waals surface area contributed by atoms with Crippen molar-refractivity contribution in [3.63, 3.8) is 0 Å². The van der Waals surface area contributed by atoms with E-state index in [4.69, 9.17) is 17.3 Å². The zero-order valence-corrected chi connectivity index (χ0v) is 8.87. The van der Waals surface area contributed by atoms with Gasteiger partial charge in [0, 0.05) is 6.20 Å². The molecule has 6 heteroatoms. The lowest BCUT2D eigenvalue weighted by Gasteiger charge is -2.08. The van der Waals surface area contributed by atoms with Crippen LogP contribution in [-0.4, -0.2) is 9.97 Å². The van der Waals surface area contributed by atoms with E-state index >= 15 is 0 Å². The number of nitrogens with one attached hydrogen (secondary N) is 1. The van der Waals surface area contributed by atoms with E-state index in [2.05, 4.69) is 15.3 Å². The van der Waals surface area contributed by atoms with Crippen LogP contribution in [0.5, 0.6) is 0 Å². The molecule has 0 aliphatic rings. The van der Waals surface area contributed by atoms with Crippen molar-refractivity contribution < 1.29 is 4.39 Å². The Morgan fingerprint density at radius 1 is 1.31 bits per heavy atom. The summed E-state index contributed by atoms with van der Waals surface area (Å²) in [6.45, 7) is 0. The summed E-state index contributed by atoms with van der Waals surface area (Å²) < 4.78 is 12.8. The smallest absolute Gasteiger partial charge is 0.224 e. The first kappa shape index (κ1) is 10.6. The fourth-order valence-electron chi connectivity index (χ4n) is 1.19. The highest BCUT2D eigenvalue weighted by Crippen LogP contribution is 2.22. The quantitative estimate of drug-likeness (QED) is 0.624. The van der Waals surface area contributed by atoms with Crippen LogP contribution in [0.1, 0.15) is 0 Å². The zero-order valence-electron chi connectivity index (χ0n) is 8.11. The van der Waals surface area contributed by atoms with Gasteiger partial charge in [-0.2, -0.15) is 0 Å². The molecule has 82 valence electrons. The van der Waals surface area contributed by atoms with Crippen molar-refractivity contribution in [3.8, 4) is 0 Å². The number of hydrogen-bond donors (Lipinski definition) is 2. The van der Waals surface area contributed by atoms with E-state index < -0.39 is 0 Å². The minimum Gasteiger partial charge on any atom is -0.397 e. The molecule has 0 amide bonds. The van der Waals surface area contributed by atoms with Crippen molar-refractivity contribution in [1.82, 2.24) is 9.97 Å². The Labute approximate surface area is 96.3 Å². The fourth-order valence-corrected chi connectivity index (χ4v) is 1.34. The van der Waals surface area contributed by atoms with Crippen molar-refractivity contribution in [2.75, 3.05) is 11.1 Å². The molecule has 0 bridgehead atoms. The molecule has 3 N–H and O–H groups in total. The summed E-state index contributed by atoms with van der Waals surface area (Å²) in [5, 5.41) is 3.04. The van der Waals surface area contributed by atoms with Gasteiger partial charge in [0.2, 0.25) is 5.28 Å². The van der Waals surface area contributed by atoms with E-state index in [-0.39, 0.29) is 11.1 Å². The van der Waals surface area contributed by atoms with Gasteiger partial charge in [0.05, 0.1) is 11.4 Å². The summed E-state index contributed by atoms with van der Waals surface area (Å²) in [7, 11) is 0. The number of rotatable bonds is 2. The second-order valence-corrected chi connectivity index (χ2v) is 3.41. The SMILES string of the molecule is Nc1cc(F)ccc1Nc1ccnc(Cl)n1. The molecule has 0 saturated heterocycles. The van der Waals surface area contributed by atoms with Crippen LogP contribution in [0, 0.1) is 5.82 Å². The van der Waals surface area contributed by atoms with Crippen LogP contribution in [0.15, 0.2) is 30.5 Å². The van der Waals surface area contributed by atoms with Crippen molar-refractivity contribution >= 4 is 28.8 Å². The third-order valence-corrected chi connectivity index (χ3v) is 2.08. The van der Waals surface area contributed by atoms with Crippen LogP contribution in [-0.2, 0) is 0 Å². The molecule has 1 aromatic carbocycles. The third kappa shape index (κ3) is 2.38. The van der Waals surface area contributed by atoms with E-state index in [1.807, 2.05) is 0 Å². The molecule has 0 atom stereocenters. The molecule has 0 unspecified atom stereocenters. The van der Waals surface area contributed by atoms with Gasteiger partial charge in [0.15, 0.2) is 0 Å². The van der Waals surface area contributed by atoms with Crippen LogP contribution < -0.4 is 11.1 Å². The van der Waals surface area contributed by atoms with Gasteiger partial charge < -0.3 is 11.1 Å². The molecule has 0 aliphatic heterocycles. The average molecular weight is 239 g/mol. The summed E-state index contributed by atoms with van der Waals surface area (Å²) in [5.74, 6) is 0.113. The Balaban J connectivity index is 2.27. The van der Waals surface area contributed by atoms with Gasteiger partial charge in [0.25, 0.3) is 0 Å². The number of nitrogens with two attached hydrogens (primary N) is 1. The summed E-state index contributed by atoms with van der Waals surface area (Å²) >= 11 is 5.62. The first-order chi connectivity index (χ1) is 7.65. The third-order valence-electron chi connectivity index (χ3n) is 1.90. The van der Waals surface area contributed by atoms with Crippen LogP contribution in [0.2, 0.25) is 5.28 Å². The normalized spacial score (nSPS) is 10.1. The lowest BCUT2D eigenvalue weighted by molar-refractivity contribution is 0.628. The molecule has 0 saturated carbocycles. The van der Waals surface area contributed by atoms with E-state index in [0.29, 0.717) is 17.2 Å². The maximum atomic E-state index is 12.8. The Morgan fingerprint density at radius 2 is 2.12 bits per heavy atom. The largest absolute Gasteiger partial charge is 0.397 e. The van der Waals surface area contributed by atoms with Crippen molar-refractivity contribution in [2.24, 2.45) is 0 Å². The minimum atomic E-state index is -0.385. The average Bonchev–Trinajstić information content (AvgIpc) is 2.22. The molecule has 2 rings (SSSR count). The predicted molar refractivity (Wildman–Crippen MR) is 61.1 cm³/mol. The van der Waals surface area contributed by atoms with Gasteiger partial charge in [-0.05, 0) is 35.9 Å². The van der Waals surface area contributed by atoms with Gasteiger partial charge in [0.1, 0.15) is 11.6 Å². The maximum absolute atomic E-state index is 12.8. The lowest BCUT2D eigenvalue weighted by Crippen LogP contribution is -1.99. The van der Waals surface area contributed by atoms with Crippen LogP contribution in [0.4, 0.5) is 21.6 Å². The monoisotopic (exact) mass is 238 g/mol. The number of aromatic nitrogens is 2. The Kier molecular flexibility index (Phi) is 2.87. The summed E-state index contributed by atoms with van der Waals surface area (Å²) in [6, 6.07) is 5.70. The van der Waals surface area contributed by atoms with Crippen molar-refractivity contribution in [2.45, 2.75) is 0 Å². The fraction of sp³-hybridized carbons (Fsp3) is 0. The summed E-state index contributed by atoms with van der Waals surface area (Å²) in [5.41, 5.74) is 6.49. The second kappa shape index (κ2) is 4.32. The highest BCUT2D eigenvalue weighted by atomic mass is 35.5. The Morgan fingerprint density at radius 3 is 2.81 bits per heavy atom. The standard InChI is InChI=1S/C10H8ClFN4/c11-10-14-4-3-9(16-10)15-8-2-1-6(12)5-7(8)13/h1-5H,13H2,(H,14,15,16). The number of nitrogens with zero attached hydrogens (tertiary/aromatic N) is 2. The molecule has 0 spiro atoms. The van der Waals surface area contributed by atoms with Gasteiger partial charge in [-0.3, -0.25) is 0 Å². The molecule has 16 heavy (non-hydrogen) atoms. The first-order valence-electron chi connectivity index (χ1n) is 4.46. The second-order valence-electron chi connectivity index (χ2n) is 3.07. The first-order valence-corrected chi connectivity index (χ1v) is 4.83. The molecule has 4 nitrogen and oxygen atoms in total. The molecule has 1 aromatic heterocycles. The van der Waals surface area contributed by atoms with E-state index in [1.165, 1.54) is 24.4 Å². The van der Waals surface area contributed by atoms with Crippen molar-refractivity contribution in [1.29, 1.82) is 0 Å². The molecule has 0 aliphatic carbocycles. The van der Waals surface area contributed by atoms with Crippen LogP contribution in [0.25, 0.3) is 0 Å². The molecule has 1 heterocycles. The molecular weight excluding hydrogens is 231 g/mol. The van der Waals surface area contributed by atoms with Gasteiger partial charge in [-0.25, -0.2) is 14.4 Å². The molecular formula is C10H8ClFN4. The molecule has 0 radical (unpaired) electrons. The predicted octanol–water partition coefficient (Wildman–Crippen LogP) is 2.59. The van der Waals surface area contributed by atoms with E-state index in [1.54, 1.807) is 6.07 Å². The molecule has 2 aromatic rings. The number of halogens is 2. The van der Waals surface area contributed by atoms with Gasteiger partial charge in [-0.1, -0.05) is 0 Å². The summed E-state index contributed by atoms with van der Waals surface area (Å²) in [6.07, 6.45) is 1.51. The number of hydrogen-bond acceptors (Lipinski definition) is 4. The lowest BCUT2D eigenvalue weighted by atomic mass is 10.2. The number of nitrogen functional groups attached to an aromatic ring is 1. The number of anilines is 3. The Bertz CT molecular complexity index is 518.